The van der Waals surface area contributed by atoms with Crippen molar-refractivity contribution in [2.45, 2.75) is 25.9 Å². The number of aliphatic hydroxyl groups is 1. The number of aliphatic hydroxyl groups excluding tert-OH is 1. The standard InChI is InChI=1S/C11H15ClO3/c1-3-8(13)4-7-5-9(12)11(14)10(6-7)15-2/h5-6,8,13-14H,3-4H2,1-2H3. The third kappa shape index (κ3) is 3.01. The summed E-state index contributed by atoms with van der Waals surface area (Å²) < 4.78 is 4.97. The Morgan fingerprint density at radius 3 is 2.67 bits per heavy atom. The highest BCUT2D eigenvalue weighted by atomic mass is 35.5. The van der Waals surface area contributed by atoms with Crippen molar-refractivity contribution in [3.05, 3.63) is 22.7 Å². The van der Waals surface area contributed by atoms with Gasteiger partial charge in [-0.1, -0.05) is 18.5 Å². The van der Waals surface area contributed by atoms with Gasteiger partial charge in [0.05, 0.1) is 18.2 Å². The normalized spacial score (nSPS) is 12.5. The third-order valence-electron chi connectivity index (χ3n) is 2.25. The molecular weight excluding hydrogens is 216 g/mol. The summed E-state index contributed by atoms with van der Waals surface area (Å²) in [4.78, 5) is 0. The average molecular weight is 231 g/mol. The minimum Gasteiger partial charge on any atom is -0.503 e. The van der Waals surface area contributed by atoms with E-state index < -0.39 is 6.10 Å². The van der Waals surface area contributed by atoms with Gasteiger partial charge in [0.2, 0.25) is 0 Å². The first-order chi connectivity index (χ1) is 7.08. The van der Waals surface area contributed by atoms with Gasteiger partial charge < -0.3 is 14.9 Å². The Kier molecular flexibility index (Phi) is 4.24. The molecule has 0 heterocycles. The molecule has 15 heavy (non-hydrogen) atoms. The van der Waals surface area contributed by atoms with E-state index in [1.165, 1.54) is 7.11 Å². The van der Waals surface area contributed by atoms with Gasteiger partial charge in [-0.05, 0) is 30.5 Å². The second kappa shape index (κ2) is 5.24. The van der Waals surface area contributed by atoms with Crippen molar-refractivity contribution in [3.8, 4) is 11.5 Å². The van der Waals surface area contributed by atoms with Crippen molar-refractivity contribution in [2.24, 2.45) is 0 Å². The molecule has 0 aliphatic heterocycles. The minimum absolute atomic E-state index is 0.0612. The summed E-state index contributed by atoms with van der Waals surface area (Å²) in [6.45, 7) is 1.91. The smallest absolute Gasteiger partial charge is 0.176 e. The van der Waals surface area contributed by atoms with Gasteiger partial charge in [0, 0.05) is 0 Å². The molecule has 0 aliphatic rings. The molecule has 1 unspecified atom stereocenters. The quantitative estimate of drug-likeness (QED) is 0.835. The topological polar surface area (TPSA) is 49.7 Å². The molecule has 84 valence electrons. The molecule has 0 fully saturated rings. The first-order valence-corrected chi connectivity index (χ1v) is 5.19. The summed E-state index contributed by atoms with van der Waals surface area (Å²) in [5.41, 5.74) is 0.851. The van der Waals surface area contributed by atoms with E-state index in [2.05, 4.69) is 0 Å². The van der Waals surface area contributed by atoms with Crippen molar-refractivity contribution in [1.29, 1.82) is 0 Å². The molecule has 1 atom stereocenters. The van der Waals surface area contributed by atoms with Crippen LogP contribution in [-0.2, 0) is 6.42 Å². The summed E-state index contributed by atoms with van der Waals surface area (Å²) in [7, 11) is 1.46. The van der Waals surface area contributed by atoms with E-state index in [0.717, 1.165) is 5.56 Å². The highest BCUT2D eigenvalue weighted by Crippen LogP contribution is 2.35. The molecule has 0 radical (unpaired) electrons. The molecule has 1 aromatic rings. The zero-order valence-electron chi connectivity index (χ0n) is 8.83. The monoisotopic (exact) mass is 230 g/mol. The van der Waals surface area contributed by atoms with Crippen LogP contribution in [-0.4, -0.2) is 23.4 Å². The first-order valence-electron chi connectivity index (χ1n) is 4.82. The zero-order chi connectivity index (χ0) is 11.4. The maximum atomic E-state index is 9.49. The molecule has 0 aromatic heterocycles. The predicted molar refractivity (Wildman–Crippen MR) is 59.7 cm³/mol. The summed E-state index contributed by atoms with van der Waals surface area (Å²) in [5.74, 6) is 0.273. The van der Waals surface area contributed by atoms with E-state index in [4.69, 9.17) is 16.3 Å². The molecule has 0 aliphatic carbocycles. The van der Waals surface area contributed by atoms with Gasteiger partial charge in [-0.3, -0.25) is 0 Å². The van der Waals surface area contributed by atoms with Crippen molar-refractivity contribution in [1.82, 2.24) is 0 Å². The fourth-order valence-electron chi connectivity index (χ4n) is 1.32. The Hall–Kier alpha value is -0.930. The van der Waals surface area contributed by atoms with Gasteiger partial charge in [0.1, 0.15) is 0 Å². The lowest BCUT2D eigenvalue weighted by molar-refractivity contribution is 0.170. The SMILES string of the molecule is CCC(O)Cc1cc(Cl)c(O)c(OC)c1. The van der Waals surface area contributed by atoms with Crippen molar-refractivity contribution in [3.63, 3.8) is 0 Å². The molecule has 0 spiro atoms. The highest BCUT2D eigenvalue weighted by molar-refractivity contribution is 6.32. The van der Waals surface area contributed by atoms with E-state index in [9.17, 15) is 10.2 Å². The summed E-state index contributed by atoms with van der Waals surface area (Å²) >= 11 is 5.81. The molecule has 0 amide bonds. The second-order valence-electron chi connectivity index (χ2n) is 3.39. The van der Waals surface area contributed by atoms with E-state index in [0.29, 0.717) is 18.6 Å². The molecule has 3 nitrogen and oxygen atoms in total. The number of phenolic OH excluding ortho intramolecular Hbond substituents is 1. The number of methoxy groups -OCH3 is 1. The van der Waals surface area contributed by atoms with Crippen molar-refractivity contribution in [2.75, 3.05) is 7.11 Å². The molecule has 4 heteroatoms. The average Bonchev–Trinajstić information content (AvgIpc) is 2.22. The fraction of sp³-hybridized carbons (Fsp3) is 0.455. The molecule has 0 saturated carbocycles. The van der Waals surface area contributed by atoms with E-state index in [1.807, 2.05) is 6.92 Å². The second-order valence-corrected chi connectivity index (χ2v) is 3.80. The Balaban J connectivity index is 2.95. The number of benzene rings is 1. The van der Waals surface area contributed by atoms with Gasteiger partial charge in [-0.25, -0.2) is 0 Å². The number of rotatable bonds is 4. The van der Waals surface area contributed by atoms with Crippen LogP contribution in [0.2, 0.25) is 5.02 Å². The minimum atomic E-state index is -0.393. The molecule has 0 bridgehead atoms. The van der Waals surface area contributed by atoms with Crippen molar-refractivity contribution < 1.29 is 14.9 Å². The molecule has 0 saturated heterocycles. The summed E-state index contributed by atoms with van der Waals surface area (Å²) in [5, 5.41) is 19.2. The number of hydrogen-bond donors (Lipinski definition) is 2. The van der Waals surface area contributed by atoms with Crippen LogP contribution >= 0.6 is 11.6 Å². The van der Waals surface area contributed by atoms with Crippen LogP contribution in [0.4, 0.5) is 0 Å². The van der Waals surface area contributed by atoms with Crippen LogP contribution in [0.25, 0.3) is 0 Å². The summed E-state index contributed by atoms with van der Waals surface area (Å²) in [6.07, 6.45) is 0.795. The number of phenols is 1. The van der Waals surface area contributed by atoms with E-state index in [-0.39, 0.29) is 10.8 Å². The molecule has 2 N–H and O–H groups in total. The lowest BCUT2D eigenvalue weighted by atomic mass is 10.1. The van der Waals surface area contributed by atoms with Crippen LogP contribution in [0.5, 0.6) is 11.5 Å². The maximum absolute atomic E-state index is 9.49. The molecule has 1 rings (SSSR count). The first kappa shape index (κ1) is 12.1. The number of aromatic hydroxyl groups is 1. The van der Waals surface area contributed by atoms with Gasteiger partial charge in [0.15, 0.2) is 11.5 Å². The number of hydrogen-bond acceptors (Lipinski definition) is 3. The Morgan fingerprint density at radius 2 is 2.13 bits per heavy atom. The van der Waals surface area contributed by atoms with E-state index >= 15 is 0 Å². The van der Waals surface area contributed by atoms with Gasteiger partial charge >= 0.3 is 0 Å². The Bertz CT molecular complexity index is 339. The maximum Gasteiger partial charge on any atom is 0.176 e. The van der Waals surface area contributed by atoms with Gasteiger partial charge in [-0.15, -0.1) is 0 Å². The Morgan fingerprint density at radius 1 is 1.47 bits per heavy atom. The molecule has 1 aromatic carbocycles. The lowest BCUT2D eigenvalue weighted by Gasteiger charge is -2.11. The van der Waals surface area contributed by atoms with Crippen LogP contribution in [0.1, 0.15) is 18.9 Å². The number of ether oxygens (including phenoxy) is 1. The van der Waals surface area contributed by atoms with Crippen LogP contribution in [0.3, 0.4) is 0 Å². The van der Waals surface area contributed by atoms with Crippen molar-refractivity contribution >= 4 is 11.6 Å². The lowest BCUT2D eigenvalue weighted by Crippen LogP contribution is -2.08. The Labute approximate surface area is 94.3 Å². The van der Waals surface area contributed by atoms with Gasteiger partial charge in [0.25, 0.3) is 0 Å². The zero-order valence-corrected chi connectivity index (χ0v) is 9.58. The molecular formula is C11H15ClO3. The van der Waals surface area contributed by atoms with Crippen LogP contribution < -0.4 is 4.74 Å². The van der Waals surface area contributed by atoms with E-state index in [1.54, 1.807) is 12.1 Å². The largest absolute Gasteiger partial charge is 0.503 e. The number of halogens is 1. The van der Waals surface area contributed by atoms with Crippen LogP contribution in [0, 0.1) is 0 Å². The van der Waals surface area contributed by atoms with Crippen LogP contribution in [0.15, 0.2) is 12.1 Å². The summed E-state index contributed by atoms with van der Waals surface area (Å²) in [6, 6.07) is 3.32. The predicted octanol–water partition coefficient (Wildman–Crippen LogP) is 2.37. The third-order valence-corrected chi connectivity index (χ3v) is 2.54. The fourth-order valence-corrected chi connectivity index (χ4v) is 1.55. The van der Waals surface area contributed by atoms with Gasteiger partial charge in [-0.2, -0.15) is 0 Å². The highest BCUT2D eigenvalue weighted by Gasteiger charge is 2.11.